The molecule has 2 saturated heterocycles. The van der Waals surface area contributed by atoms with Crippen LogP contribution in [0.25, 0.3) is 0 Å². The molecule has 0 aromatic carbocycles. The van der Waals surface area contributed by atoms with E-state index in [4.69, 9.17) is 4.98 Å². The van der Waals surface area contributed by atoms with Crippen molar-refractivity contribution in [3.8, 4) is 0 Å². The van der Waals surface area contributed by atoms with Gasteiger partial charge in [-0.05, 0) is 65.1 Å². The molecule has 4 heterocycles. The molecule has 5 nitrogen and oxygen atoms in total. The minimum absolute atomic E-state index is 0.376. The number of piperidine rings is 1. The zero-order valence-corrected chi connectivity index (χ0v) is 16.4. The summed E-state index contributed by atoms with van der Waals surface area (Å²) in [5.74, 6) is 1.14. The van der Waals surface area contributed by atoms with Gasteiger partial charge in [0.1, 0.15) is 5.82 Å². The van der Waals surface area contributed by atoms with E-state index in [2.05, 4.69) is 64.7 Å². The van der Waals surface area contributed by atoms with E-state index >= 15 is 0 Å². The van der Waals surface area contributed by atoms with Gasteiger partial charge in [-0.2, -0.15) is 5.10 Å². The molecule has 2 aliphatic heterocycles. The predicted molar refractivity (Wildman–Crippen MR) is 105 cm³/mol. The van der Waals surface area contributed by atoms with E-state index in [-0.39, 0.29) is 0 Å². The number of pyridine rings is 1. The van der Waals surface area contributed by atoms with Gasteiger partial charge in [0.25, 0.3) is 0 Å². The molecule has 0 saturated carbocycles. The highest BCUT2D eigenvalue weighted by Gasteiger charge is 2.43. The monoisotopic (exact) mass is 353 g/mol. The summed E-state index contributed by atoms with van der Waals surface area (Å²) in [5, 5.41) is 4.64. The maximum absolute atomic E-state index is 4.72. The van der Waals surface area contributed by atoms with Crippen LogP contribution in [0.3, 0.4) is 0 Å². The summed E-state index contributed by atoms with van der Waals surface area (Å²) in [6.45, 7) is 11.8. The molecule has 0 radical (unpaired) electrons. The summed E-state index contributed by atoms with van der Waals surface area (Å²) in [6, 6.07) is 6.35. The van der Waals surface area contributed by atoms with Gasteiger partial charge in [-0.15, -0.1) is 0 Å². The molecular formula is C21H31N5. The Morgan fingerprint density at radius 1 is 1.08 bits per heavy atom. The van der Waals surface area contributed by atoms with Crippen molar-refractivity contribution in [3.05, 3.63) is 41.3 Å². The van der Waals surface area contributed by atoms with Gasteiger partial charge < -0.3 is 4.90 Å². The van der Waals surface area contributed by atoms with Crippen LogP contribution >= 0.6 is 0 Å². The zero-order chi connectivity index (χ0) is 18.1. The molecular weight excluding hydrogens is 322 g/mol. The third-order valence-corrected chi connectivity index (χ3v) is 6.37. The third kappa shape index (κ3) is 3.25. The molecule has 0 aliphatic carbocycles. The van der Waals surface area contributed by atoms with Gasteiger partial charge >= 0.3 is 0 Å². The van der Waals surface area contributed by atoms with Crippen LogP contribution in [0.2, 0.25) is 0 Å². The van der Waals surface area contributed by atoms with Gasteiger partial charge in [-0.3, -0.25) is 9.58 Å². The van der Waals surface area contributed by atoms with Crippen molar-refractivity contribution in [1.82, 2.24) is 19.7 Å². The van der Waals surface area contributed by atoms with Crippen LogP contribution in [0.4, 0.5) is 5.82 Å². The smallest absolute Gasteiger partial charge is 0.128 e. The van der Waals surface area contributed by atoms with E-state index in [1.807, 2.05) is 0 Å². The summed E-state index contributed by atoms with van der Waals surface area (Å²) in [6.07, 6.45) is 7.38. The van der Waals surface area contributed by atoms with E-state index in [0.717, 1.165) is 37.7 Å². The lowest BCUT2D eigenvalue weighted by Gasteiger charge is -2.45. The molecule has 26 heavy (non-hydrogen) atoms. The fraction of sp³-hybridized carbons (Fsp3) is 0.619. The van der Waals surface area contributed by atoms with Gasteiger partial charge in [0.2, 0.25) is 0 Å². The van der Waals surface area contributed by atoms with Gasteiger partial charge in [0, 0.05) is 49.2 Å². The Morgan fingerprint density at radius 3 is 2.58 bits per heavy atom. The van der Waals surface area contributed by atoms with Crippen molar-refractivity contribution in [1.29, 1.82) is 0 Å². The Bertz CT molecular complexity index is 758. The Balaban J connectivity index is 1.45. The first-order valence-corrected chi connectivity index (χ1v) is 10.1. The number of nitrogens with zero attached hydrogens (tertiary/aromatic N) is 5. The Kier molecular flexibility index (Phi) is 4.74. The van der Waals surface area contributed by atoms with Crippen molar-refractivity contribution in [3.63, 3.8) is 0 Å². The normalized spacial score (nSPS) is 20.2. The van der Waals surface area contributed by atoms with Crippen molar-refractivity contribution in [2.75, 3.05) is 24.5 Å². The fourth-order valence-corrected chi connectivity index (χ4v) is 4.75. The summed E-state index contributed by atoms with van der Waals surface area (Å²) >= 11 is 0. The van der Waals surface area contributed by atoms with E-state index in [1.54, 1.807) is 0 Å². The fourth-order valence-electron chi connectivity index (χ4n) is 4.75. The van der Waals surface area contributed by atoms with E-state index in [0.29, 0.717) is 5.54 Å². The highest BCUT2D eigenvalue weighted by molar-refractivity contribution is 5.40. The molecule has 2 aliphatic rings. The Labute approximate surface area is 157 Å². The standard InChI is InChI=1S/C21H31N5/c1-4-26-16-19(18(3)23-26)15-25-12-6-9-21(25)10-13-24(14-11-21)20-8-5-7-17(2)22-20/h5,7-8,16H,4,6,9-15H2,1-3H3. The second-order valence-corrected chi connectivity index (χ2v) is 7.97. The Hall–Kier alpha value is -1.88. The van der Waals surface area contributed by atoms with Crippen molar-refractivity contribution in [2.24, 2.45) is 0 Å². The maximum atomic E-state index is 4.72. The molecule has 0 bridgehead atoms. The molecule has 1 spiro atoms. The first kappa shape index (κ1) is 17.5. The molecule has 0 N–H and O–H groups in total. The SMILES string of the molecule is CCn1cc(CN2CCCC23CCN(c2cccc(C)n2)CC3)c(C)n1. The number of likely N-dealkylation sites (tertiary alicyclic amines) is 1. The third-order valence-electron chi connectivity index (χ3n) is 6.37. The first-order valence-electron chi connectivity index (χ1n) is 10.1. The van der Waals surface area contributed by atoms with Crippen molar-refractivity contribution < 1.29 is 0 Å². The summed E-state index contributed by atoms with van der Waals surface area (Å²) in [5.41, 5.74) is 4.07. The van der Waals surface area contributed by atoms with E-state index in [1.165, 1.54) is 43.5 Å². The largest absolute Gasteiger partial charge is 0.356 e. The summed E-state index contributed by atoms with van der Waals surface area (Å²) in [7, 11) is 0. The van der Waals surface area contributed by atoms with Crippen LogP contribution in [0.5, 0.6) is 0 Å². The number of rotatable bonds is 4. The molecule has 140 valence electrons. The second-order valence-electron chi connectivity index (χ2n) is 7.97. The topological polar surface area (TPSA) is 37.2 Å². The molecule has 0 amide bonds. The van der Waals surface area contributed by atoms with Crippen LogP contribution in [0.1, 0.15) is 49.6 Å². The Morgan fingerprint density at radius 2 is 1.88 bits per heavy atom. The molecule has 2 aromatic heterocycles. The van der Waals surface area contributed by atoms with Gasteiger partial charge in [0.05, 0.1) is 5.69 Å². The zero-order valence-electron chi connectivity index (χ0n) is 16.4. The van der Waals surface area contributed by atoms with E-state index in [9.17, 15) is 0 Å². The van der Waals surface area contributed by atoms with Crippen LogP contribution in [-0.2, 0) is 13.1 Å². The molecule has 0 unspecified atom stereocenters. The second kappa shape index (κ2) is 7.03. The predicted octanol–water partition coefficient (Wildman–Crippen LogP) is 3.55. The number of hydrogen-bond donors (Lipinski definition) is 0. The summed E-state index contributed by atoms with van der Waals surface area (Å²) < 4.78 is 2.07. The minimum Gasteiger partial charge on any atom is -0.356 e. The number of hydrogen-bond acceptors (Lipinski definition) is 4. The van der Waals surface area contributed by atoms with Gasteiger partial charge in [-0.1, -0.05) is 6.07 Å². The molecule has 5 heteroatoms. The summed E-state index contributed by atoms with van der Waals surface area (Å²) in [4.78, 5) is 9.94. The molecule has 2 aromatic rings. The first-order chi connectivity index (χ1) is 12.6. The maximum Gasteiger partial charge on any atom is 0.128 e. The molecule has 4 rings (SSSR count). The lowest BCUT2D eigenvalue weighted by atomic mass is 9.84. The van der Waals surface area contributed by atoms with Gasteiger partial charge in [0.15, 0.2) is 0 Å². The minimum atomic E-state index is 0.376. The van der Waals surface area contributed by atoms with Crippen LogP contribution in [0.15, 0.2) is 24.4 Å². The molecule has 0 atom stereocenters. The highest BCUT2D eigenvalue weighted by atomic mass is 15.3. The lowest BCUT2D eigenvalue weighted by Crippen LogP contribution is -2.52. The van der Waals surface area contributed by atoms with Crippen LogP contribution in [-0.4, -0.2) is 44.8 Å². The van der Waals surface area contributed by atoms with Crippen molar-refractivity contribution >= 4 is 5.82 Å². The number of aryl methyl sites for hydroxylation is 3. The van der Waals surface area contributed by atoms with E-state index < -0.39 is 0 Å². The average molecular weight is 354 g/mol. The highest BCUT2D eigenvalue weighted by Crippen LogP contribution is 2.40. The van der Waals surface area contributed by atoms with Gasteiger partial charge in [-0.25, -0.2) is 4.98 Å². The quantitative estimate of drug-likeness (QED) is 0.842. The van der Waals surface area contributed by atoms with Crippen LogP contribution in [0, 0.1) is 13.8 Å². The number of aromatic nitrogens is 3. The van der Waals surface area contributed by atoms with Crippen LogP contribution < -0.4 is 4.90 Å². The molecule has 2 fully saturated rings. The number of anilines is 1. The average Bonchev–Trinajstić information content (AvgIpc) is 3.20. The van der Waals surface area contributed by atoms with Crippen molar-refractivity contribution in [2.45, 2.75) is 65.1 Å². The lowest BCUT2D eigenvalue weighted by molar-refractivity contribution is 0.0994.